The Balaban J connectivity index is 1.08. The second-order valence-electron chi connectivity index (χ2n) is 10.0. The summed E-state index contributed by atoms with van der Waals surface area (Å²) in [6.45, 7) is 12.8. The zero-order valence-corrected chi connectivity index (χ0v) is 20.4. The van der Waals surface area contributed by atoms with Crippen LogP contribution in [0.1, 0.15) is 37.1 Å². The van der Waals surface area contributed by atoms with Gasteiger partial charge in [-0.2, -0.15) is 0 Å². The molecular formula is C28H34N4O2. The fraction of sp³-hybridized carbons (Fsp3) is 0.429. The molecule has 3 aromatic rings. The Morgan fingerprint density at radius 2 is 1.76 bits per heavy atom. The molecule has 1 aromatic heterocycles. The van der Waals surface area contributed by atoms with E-state index in [0.717, 1.165) is 79.5 Å². The molecule has 6 heteroatoms. The summed E-state index contributed by atoms with van der Waals surface area (Å²) in [5, 5.41) is 4.23. The van der Waals surface area contributed by atoms with Crippen LogP contribution < -0.4 is 10.1 Å². The van der Waals surface area contributed by atoms with E-state index < -0.39 is 5.41 Å². The maximum Gasteiger partial charge on any atom is 0.234 e. The van der Waals surface area contributed by atoms with Gasteiger partial charge in [0.1, 0.15) is 5.75 Å². The molecule has 0 bridgehead atoms. The third kappa shape index (κ3) is 4.52. The van der Waals surface area contributed by atoms with E-state index in [1.165, 1.54) is 5.39 Å². The lowest BCUT2D eigenvalue weighted by Gasteiger charge is -2.34. The quantitative estimate of drug-likeness (QED) is 0.533. The summed E-state index contributed by atoms with van der Waals surface area (Å²) in [6, 6.07) is 16.7. The van der Waals surface area contributed by atoms with Gasteiger partial charge in [0.15, 0.2) is 0 Å². The van der Waals surface area contributed by atoms with Gasteiger partial charge in [0.25, 0.3) is 0 Å². The average molecular weight is 459 g/mol. The second kappa shape index (κ2) is 9.35. The normalized spacial score (nSPS) is 18.1. The molecule has 178 valence electrons. The summed E-state index contributed by atoms with van der Waals surface area (Å²) >= 11 is 0. The van der Waals surface area contributed by atoms with Crippen molar-refractivity contribution in [2.24, 2.45) is 0 Å². The summed E-state index contributed by atoms with van der Waals surface area (Å²) in [6.07, 6.45) is 0.969. The molecule has 5 rings (SSSR count). The van der Waals surface area contributed by atoms with Crippen LogP contribution >= 0.6 is 0 Å². The van der Waals surface area contributed by atoms with Crippen molar-refractivity contribution in [3.05, 3.63) is 65.4 Å². The van der Waals surface area contributed by atoms with Gasteiger partial charge in [-0.05, 0) is 51.0 Å². The molecule has 0 radical (unpaired) electrons. The fourth-order valence-corrected chi connectivity index (χ4v) is 5.04. The first-order valence-electron chi connectivity index (χ1n) is 12.3. The summed E-state index contributed by atoms with van der Waals surface area (Å²) in [5.41, 5.74) is 4.65. The van der Waals surface area contributed by atoms with Crippen LogP contribution in [0.25, 0.3) is 10.9 Å². The number of benzene rings is 2. The highest BCUT2D eigenvalue weighted by molar-refractivity contribution is 6.07. The van der Waals surface area contributed by atoms with E-state index in [-0.39, 0.29) is 5.91 Å². The SMILES string of the molecule is Cc1ccc(OCCCN2CCN(Cc3ccc4ccccc4n3)CC2)c2c1NC(=O)C2(C)C. The smallest absolute Gasteiger partial charge is 0.234 e. The number of fused-ring (bicyclic) bond motifs is 2. The van der Waals surface area contributed by atoms with Gasteiger partial charge in [-0.3, -0.25) is 14.7 Å². The number of piperazine rings is 1. The summed E-state index contributed by atoms with van der Waals surface area (Å²) in [4.78, 5) is 22.2. The van der Waals surface area contributed by atoms with Crippen molar-refractivity contribution in [2.75, 3.05) is 44.6 Å². The third-order valence-electron chi connectivity index (χ3n) is 7.19. The molecule has 6 nitrogen and oxygen atoms in total. The molecule has 1 fully saturated rings. The lowest BCUT2D eigenvalue weighted by molar-refractivity contribution is -0.119. The summed E-state index contributed by atoms with van der Waals surface area (Å²) < 4.78 is 6.18. The van der Waals surface area contributed by atoms with Crippen LogP contribution in [-0.2, 0) is 16.8 Å². The highest BCUT2D eigenvalue weighted by Crippen LogP contribution is 2.44. The Bertz CT molecular complexity index is 1200. The fourth-order valence-electron chi connectivity index (χ4n) is 5.04. The van der Waals surface area contributed by atoms with Crippen LogP contribution in [0.15, 0.2) is 48.5 Å². The van der Waals surface area contributed by atoms with Crippen LogP contribution in [0, 0.1) is 6.92 Å². The molecule has 1 saturated heterocycles. The average Bonchev–Trinajstić information content (AvgIpc) is 3.09. The summed E-state index contributed by atoms with van der Waals surface area (Å²) in [5.74, 6) is 0.870. The van der Waals surface area contributed by atoms with Gasteiger partial charge < -0.3 is 15.0 Å². The topological polar surface area (TPSA) is 57.7 Å². The Labute approximate surface area is 201 Å². The molecule has 0 atom stereocenters. The Morgan fingerprint density at radius 1 is 1.00 bits per heavy atom. The second-order valence-corrected chi connectivity index (χ2v) is 10.0. The zero-order chi connectivity index (χ0) is 23.7. The molecule has 0 saturated carbocycles. The van der Waals surface area contributed by atoms with E-state index in [1.54, 1.807) is 0 Å². The van der Waals surface area contributed by atoms with Gasteiger partial charge in [0.2, 0.25) is 5.91 Å². The zero-order valence-electron chi connectivity index (χ0n) is 20.4. The van der Waals surface area contributed by atoms with Crippen molar-refractivity contribution in [1.29, 1.82) is 0 Å². The number of ether oxygens (including phenoxy) is 1. The van der Waals surface area contributed by atoms with E-state index >= 15 is 0 Å². The molecule has 0 spiro atoms. The van der Waals surface area contributed by atoms with E-state index in [0.29, 0.717) is 6.61 Å². The molecule has 3 heterocycles. The van der Waals surface area contributed by atoms with E-state index in [1.807, 2.05) is 39.0 Å². The Morgan fingerprint density at radius 3 is 2.59 bits per heavy atom. The number of carbonyl (C=O) groups excluding carboxylic acids is 1. The Kier molecular flexibility index (Phi) is 6.28. The van der Waals surface area contributed by atoms with Crippen molar-refractivity contribution >= 4 is 22.5 Å². The van der Waals surface area contributed by atoms with Crippen molar-refractivity contribution in [2.45, 2.75) is 39.2 Å². The van der Waals surface area contributed by atoms with Crippen LogP contribution in [-0.4, -0.2) is 60.0 Å². The monoisotopic (exact) mass is 458 g/mol. The van der Waals surface area contributed by atoms with Crippen LogP contribution in [0.5, 0.6) is 5.75 Å². The standard InChI is InChI=1S/C28H34N4O2/c1-20-9-12-24(25-26(20)30-27(33)28(25,2)3)34-18-6-13-31-14-16-32(17-15-31)19-22-11-10-21-7-4-5-8-23(21)29-22/h4-5,7-12H,6,13-19H2,1-3H3,(H,30,33). The minimum atomic E-state index is -0.563. The number of nitrogens with one attached hydrogen (secondary N) is 1. The van der Waals surface area contributed by atoms with Crippen molar-refractivity contribution in [3.63, 3.8) is 0 Å². The molecule has 34 heavy (non-hydrogen) atoms. The maximum absolute atomic E-state index is 12.4. The van der Waals surface area contributed by atoms with Gasteiger partial charge in [-0.15, -0.1) is 0 Å². The molecule has 1 N–H and O–H groups in total. The number of aromatic nitrogens is 1. The van der Waals surface area contributed by atoms with Crippen LogP contribution in [0.4, 0.5) is 5.69 Å². The van der Waals surface area contributed by atoms with Crippen LogP contribution in [0.2, 0.25) is 0 Å². The molecule has 2 aliphatic heterocycles. The first-order chi connectivity index (χ1) is 16.4. The van der Waals surface area contributed by atoms with Crippen molar-refractivity contribution in [3.8, 4) is 5.75 Å². The minimum absolute atomic E-state index is 0.0402. The predicted octanol–water partition coefficient (Wildman–Crippen LogP) is 4.36. The Hall–Kier alpha value is -2.96. The van der Waals surface area contributed by atoms with Gasteiger partial charge >= 0.3 is 0 Å². The highest BCUT2D eigenvalue weighted by Gasteiger charge is 2.41. The maximum atomic E-state index is 12.4. The lowest BCUT2D eigenvalue weighted by Crippen LogP contribution is -2.46. The van der Waals surface area contributed by atoms with Gasteiger partial charge in [0, 0.05) is 50.2 Å². The van der Waals surface area contributed by atoms with Gasteiger partial charge in [-0.25, -0.2) is 0 Å². The van der Waals surface area contributed by atoms with Crippen molar-refractivity contribution < 1.29 is 9.53 Å². The summed E-state index contributed by atoms with van der Waals surface area (Å²) in [7, 11) is 0. The molecule has 1 amide bonds. The lowest BCUT2D eigenvalue weighted by atomic mass is 9.85. The first-order valence-corrected chi connectivity index (χ1v) is 12.3. The number of amides is 1. The molecule has 2 aliphatic rings. The first kappa shape index (κ1) is 22.8. The number of pyridine rings is 1. The largest absolute Gasteiger partial charge is 0.493 e. The predicted molar refractivity (Wildman–Crippen MR) is 136 cm³/mol. The minimum Gasteiger partial charge on any atom is -0.493 e. The molecule has 0 unspecified atom stereocenters. The number of anilines is 1. The van der Waals surface area contributed by atoms with Crippen LogP contribution in [0.3, 0.4) is 0 Å². The number of nitrogens with zero attached hydrogens (tertiary/aromatic N) is 3. The number of hydrogen-bond acceptors (Lipinski definition) is 5. The van der Waals surface area contributed by atoms with Gasteiger partial charge in [-0.1, -0.05) is 30.3 Å². The highest BCUT2D eigenvalue weighted by atomic mass is 16.5. The molecule has 2 aromatic carbocycles. The van der Waals surface area contributed by atoms with E-state index in [9.17, 15) is 4.79 Å². The molecular weight excluding hydrogens is 424 g/mol. The van der Waals surface area contributed by atoms with Gasteiger partial charge in [0.05, 0.1) is 28.9 Å². The van der Waals surface area contributed by atoms with E-state index in [2.05, 4.69) is 45.4 Å². The number of rotatable bonds is 7. The number of para-hydroxylation sites is 1. The third-order valence-corrected chi connectivity index (χ3v) is 7.19. The number of carbonyl (C=O) groups is 1. The van der Waals surface area contributed by atoms with Crippen molar-refractivity contribution in [1.82, 2.24) is 14.8 Å². The number of aryl methyl sites for hydroxylation is 1. The van der Waals surface area contributed by atoms with E-state index in [4.69, 9.17) is 9.72 Å². The molecule has 0 aliphatic carbocycles. The number of hydrogen-bond donors (Lipinski definition) is 1.